The second-order valence-electron chi connectivity index (χ2n) is 13.8. The molecule has 386 valence electrons. The van der Waals surface area contributed by atoms with E-state index in [1.54, 1.807) is 0 Å². The lowest BCUT2D eigenvalue weighted by Crippen LogP contribution is -2.51. The zero-order chi connectivity index (χ0) is 53.7. The van der Waals surface area contributed by atoms with Gasteiger partial charge in [0, 0.05) is 37.6 Å². The maximum absolute atomic E-state index is 14.7. The number of nitrogens with zero attached hydrogens (tertiary/aromatic N) is 8. The minimum atomic E-state index is -6.65. The Morgan fingerprint density at radius 1 is 0.577 bits per heavy atom. The summed E-state index contributed by atoms with van der Waals surface area (Å²) in [5.74, 6) is -7.92. The van der Waals surface area contributed by atoms with Gasteiger partial charge in [0.15, 0.2) is 34.5 Å². The number of rotatable bonds is 12. The minimum Gasteiger partial charge on any atom is -0.478 e. The first kappa shape index (κ1) is 55.1. The first-order chi connectivity index (χ1) is 32.5. The average molecular weight is 1090 g/mol. The predicted molar refractivity (Wildman–Crippen MR) is 203 cm³/mol. The molecule has 0 radical (unpaired) electrons. The van der Waals surface area contributed by atoms with Gasteiger partial charge in [-0.1, -0.05) is 35.3 Å². The molecule has 0 amide bonds. The Morgan fingerprint density at radius 3 is 1.23 bits per heavy atom. The molecule has 4 heterocycles. The van der Waals surface area contributed by atoms with Gasteiger partial charge in [-0.05, 0) is 35.4 Å². The molecule has 4 aromatic heterocycles. The summed E-state index contributed by atoms with van der Waals surface area (Å²) in [4.78, 5) is 23.1. The van der Waals surface area contributed by atoms with Crippen molar-refractivity contribution in [3.63, 3.8) is 0 Å². The van der Waals surface area contributed by atoms with Crippen molar-refractivity contribution in [2.75, 3.05) is 7.11 Å². The Kier molecular flexibility index (Phi) is 15.0. The fraction of sp³-hybridized carbons (Fsp3) is 0.297. The highest BCUT2D eigenvalue weighted by molar-refractivity contribution is 6.34. The lowest BCUT2D eigenvalue weighted by molar-refractivity contribution is -0.351. The van der Waals surface area contributed by atoms with E-state index < -0.39 is 95.7 Å². The van der Waals surface area contributed by atoms with E-state index in [2.05, 4.69) is 34.6 Å². The quantitative estimate of drug-likeness (QED) is 0.0925. The van der Waals surface area contributed by atoms with Gasteiger partial charge >= 0.3 is 61.2 Å². The molecular formula is C37H22Cl2F18N8O6. The van der Waals surface area contributed by atoms with Gasteiger partial charge < -0.3 is 19.3 Å². The molecule has 0 aliphatic carbocycles. The number of benzene rings is 2. The molecule has 2 aromatic carbocycles. The number of carboxylic acids is 1. The summed E-state index contributed by atoms with van der Waals surface area (Å²) in [7, 11) is 2.60. The number of carbonyl (C=O) groups excluding carboxylic acids is 1. The summed E-state index contributed by atoms with van der Waals surface area (Å²) in [6, 6.07) is 7.48. The van der Waals surface area contributed by atoms with Crippen molar-refractivity contribution in [2.45, 2.75) is 49.3 Å². The number of carboxylic acid groups (broad SMARTS) is 1. The predicted octanol–water partition coefficient (Wildman–Crippen LogP) is 11.1. The fourth-order valence-electron chi connectivity index (χ4n) is 6.22. The van der Waals surface area contributed by atoms with Gasteiger partial charge in [-0.25, -0.2) is 37.1 Å². The molecule has 71 heavy (non-hydrogen) atoms. The van der Waals surface area contributed by atoms with Crippen molar-refractivity contribution < 1.29 is 108 Å². The van der Waals surface area contributed by atoms with Gasteiger partial charge in [-0.15, -0.1) is 0 Å². The number of aromatic carboxylic acids is 1. The van der Waals surface area contributed by atoms with Crippen LogP contribution < -0.4 is 9.47 Å². The van der Waals surface area contributed by atoms with Crippen molar-refractivity contribution >= 4 is 35.1 Å². The summed E-state index contributed by atoms with van der Waals surface area (Å²) < 4.78 is 254. The van der Waals surface area contributed by atoms with Crippen LogP contribution in [0.25, 0.3) is 33.9 Å². The second kappa shape index (κ2) is 19.4. The number of ether oxygens (including phenoxy) is 3. The first-order valence-corrected chi connectivity index (χ1v) is 19.0. The zero-order valence-corrected chi connectivity index (χ0v) is 36.1. The third-order valence-electron chi connectivity index (χ3n) is 9.41. The summed E-state index contributed by atoms with van der Waals surface area (Å²) in [6.45, 7) is -7.92. The molecule has 0 fully saturated rings. The Labute approximate surface area is 391 Å². The van der Waals surface area contributed by atoms with Crippen molar-refractivity contribution in [1.82, 2.24) is 39.1 Å². The van der Waals surface area contributed by atoms with Crippen LogP contribution >= 0.6 is 23.2 Å². The van der Waals surface area contributed by atoms with Crippen LogP contribution in [0.1, 0.15) is 32.1 Å². The third-order valence-corrected chi connectivity index (χ3v) is 10.1. The highest BCUT2D eigenvalue weighted by Gasteiger charge is 2.77. The molecule has 0 aliphatic heterocycles. The summed E-state index contributed by atoms with van der Waals surface area (Å²) in [5.41, 5.74) is -17.3. The summed E-state index contributed by atoms with van der Waals surface area (Å²) in [5, 5.41) is 22.2. The van der Waals surface area contributed by atoms with Crippen molar-refractivity contribution in [2.24, 2.45) is 14.1 Å². The molecular weight excluding hydrogens is 1070 g/mol. The Balaban J connectivity index is 0.000000264. The number of carbonyl (C=O) groups is 2. The van der Waals surface area contributed by atoms with Crippen LogP contribution in [0.5, 0.6) is 11.5 Å². The molecule has 1 N–H and O–H groups in total. The average Bonchev–Trinajstić information content (AvgIpc) is 4.04. The van der Waals surface area contributed by atoms with E-state index in [0.717, 1.165) is 52.1 Å². The number of hydrogen-bond donors (Lipinski definition) is 1. The zero-order valence-electron chi connectivity index (χ0n) is 34.6. The van der Waals surface area contributed by atoms with Crippen LogP contribution in [-0.2, 0) is 30.2 Å². The molecule has 34 heteroatoms. The van der Waals surface area contributed by atoms with E-state index in [0.29, 0.717) is 9.36 Å². The van der Waals surface area contributed by atoms with Gasteiger partial charge in [0.1, 0.15) is 0 Å². The normalized spacial score (nSPS) is 12.9. The summed E-state index contributed by atoms with van der Waals surface area (Å²) >= 11 is 11.7. The SMILES string of the molecule is COC(=O)c1cc(-c2cnn(-c3c(OC(F)F)c(C(F)(C(F)(F)F)C(F)(F)F)nn3C)c2)ccc1Cl.Cn1nc(C(F)(C(F)(F)F)C(F)(F)F)c(OC(F)F)c1-n1cc(-c2ccc(Cl)c(C(=O)O)c2)cn1. The van der Waals surface area contributed by atoms with E-state index in [9.17, 15) is 88.6 Å². The van der Waals surface area contributed by atoms with Gasteiger partial charge in [0.05, 0.1) is 40.7 Å². The second-order valence-corrected chi connectivity index (χ2v) is 14.7. The highest BCUT2D eigenvalue weighted by atomic mass is 35.5. The number of halogens is 20. The van der Waals surface area contributed by atoms with Crippen LogP contribution in [0.2, 0.25) is 10.0 Å². The lowest BCUT2D eigenvalue weighted by atomic mass is 9.99. The number of hydrogen-bond acceptors (Lipinski definition) is 9. The molecule has 0 unspecified atom stereocenters. The highest BCUT2D eigenvalue weighted by Crippen LogP contribution is 2.57. The van der Waals surface area contributed by atoms with E-state index >= 15 is 0 Å². The molecule has 0 bridgehead atoms. The lowest BCUT2D eigenvalue weighted by Gasteiger charge is -2.28. The van der Waals surface area contributed by atoms with Crippen LogP contribution in [0, 0.1) is 0 Å². The third kappa shape index (κ3) is 10.3. The molecule has 0 atom stereocenters. The maximum atomic E-state index is 14.7. The number of aryl methyl sites for hydroxylation is 2. The molecule has 14 nitrogen and oxygen atoms in total. The monoisotopic (exact) mass is 1090 g/mol. The molecule has 0 saturated carbocycles. The first-order valence-electron chi connectivity index (χ1n) is 18.2. The smallest absolute Gasteiger partial charge is 0.437 e. The topological polar surface area (TPSA) is 153 Å². The summed E-state index contributed by atoms with van der Waals surface area (Å²) in [6.07, 6.45) is -22.7. The number of alkyl halides is 18. The number of aromatic nitrogens is 8. The Bertz CT molecular complexity index is 2910. The van der Waals surface area contributed by atoms with E-state index in [1.807, 2.05) is 0 Å². The number of esters is 1. The van der Waals surface area contributed by atoms with Crippen LogP contribution in [0.15, 0.2) is 61.2 Å². The van der Waals surface area contributed by atoms with Crippen molar-refractivity contribution in [3.05, 3.63) is 93.7 Å². The molecule has 6 rings (SSSR count). The van der Waals surface area contributed by atoms with Gasteiger partial charge in [0.2, 0.25) is 0 Å². The van der Waals surface area contributed by atoms with Gasteiger partial charge in [-0.2, -0.15) is 90.6 Å². The van der Waals surface area contributed by atoms with Crippen LogP contribution in [0.4, 0.5) is 79.0 Å². The molecule has 0 spiro atoms. The Morgan fingerprint density at radius 2 is 0.915 bits per heavy atom. The van der Waals surface area contributed by atoms with Crippen LogP contribution in [-0.4, -0.2) is 101 Å². The van der Waals surface area contributed by atoms with E-state index in [4.69, 9.17) is 28.3 Å². The largest absolute Gasteiger partial charge is 0.478 e. The van der Waals surface area contributed by atoms with E-state index in [-0.39, 0.29) is 52.8 Å². The van der Waals surface area contributed by atoms with E-state index in [1.165, 1.54) is 30.3 Å². The van der Waals surface area contributed by atoms with Crippen molar-refractivity contribution in [1.29, 1.82) is 0 Å². The molecule has 0 aliphatic rings. The Hall–Kier alpha value is -6.86. The number of methoxy groups -OCH3 is 1. The fourth-order valence-corrected chi connectivity index (χ4v) is 6.61. The maximum Gasteiger partial charge on any atom is 0.437 e. The van der Waals surface area contributed by atoms with Crippen LogP contribution in [0.3, 0.4) is 0 Å². The van der Waals surface area contributed by atoms with Crippen molar-refractivity contribution in [3.8, 4) is 45.4 Å². The standard InChI is InChI=1S/C19H12ClF9N4O3.C18H10ClF9N4O3/c1-32-14(12(36-16(21)22)13(31-32)17(23,18(24,25)26)19(27,28)29)33-7-9(6-30-33)8-3-4-11(20)10(5-8)15(34)35-2;1-31-13(32-6-8(5-29-32)7-2-3-10(19)9(4-7)14(33)34)11(35-15(20)21)12(30-31)16(22,17(23,24)25)18(26,27)28/h3-7,16H,1-2H3;2-6,15H,1H3,(H,33,34). The minimum absolute atomic E-state index is 0.000440. The van der Waals surface area contributed by atoms with Gasteiger partial charge in [0.25, 0.3) is 0 Å². The molecule has 0 saturated heterocycles. The molecule has 6 aromatic rings. The van der Waals surface area contributed by atoms with Gasteiger partial charge in [-0.3, -0.25) is 0 Å².